The molecular weight excluding hydrogens is 866 g/mol. The molecule has 2 aromatic heterocycles. The normalized spacial score (nSPS) is 13.2. The predicted molar refractivity (Wildman–Crippen MR) is 314 cm³/mol. The summed E-state index contributed by atoms with van der Waals surface area (Å²) in [7, 11) is 0. The van der Waals surface area contributed by atoms with Gasteiger partial charge in [0.25, 0.3) is 0 Å². The van der Waals surface area contributed by atoms with Gasteiger partial charge in [0.1, 0.15) is 0 Å². The molecule has 0 saturated carbocycles. The van der Waals surface area contributed by atoms with Crippen LogP contribution in [0.3, 0.4) is 0 Å². The van der Waals surface area contributed by atoms with Crippen molar-refractivity contribution in [2.75, 3.05) is 0 Å². The van der Waals surface area contributed by atoms with Crippen molar-refractivity contribution in [3.63, 3.8) is 0 Å². The molecule has 0 unspecified atom stereocenters. The lowest BCUT2D eigenvalue weighted by molar-refractivity contribution is 0.590. The van der Waals surface area contributed by atoms with Crippen LogP contribution in [-0.4, -0.2) is 22.7 Å². The lowest BCUT2D eigenvalue weighted by Gasteiger charge is -2.33. The molecule has 11 aromatic rings. The first-order chi connectivity index (χ1) is 34.5. The predicted octanol–water partition coefficient (Wildman–Crippen LogP) is 15.0. The van der Waals surface area contributed by atoms with Crippen molar-refractivity contribution in [1.82, 2.24) is 8.96 Å². The zero-order chi connectivity index (χ0) is 49.9. The summed E-state index contributed by atoms with van der Waals surface area (Å²) < 4.78 is 5.54. The van der Waals surface area contributed by atoms with Crippen LogP contribution in [0, 0.1) is 41.5 Å². The van der Waals surface area contributed by atoms with Gasteiger partial charge in [-0.05, 0) is 131 Å². The van der Waals surface area contributed by atoms with Gasteiger partial charge in [-0.2, -0.15) is 0 Å². The van der Waals surface area contributed by atoms with Gasteiger partial charge in [0.2, 0.25) is 0 Å². The van der Waals surface area contributed by atoms with Gasteiger partial charge in [-0.25, -0.2) is 0 Å². The van der Waals surface area contributed by atoms with Crippen LogP contribution in [0.1, 0.15) is 86.1 Å². The quantitative estimate of drug-likeness (QED) is 0.156. The molecule has 350 valence electrons. The summed E-state index contributed by atoms with van der Waals surface area (Å²) in [5.41, 5.74) is 31.8. The second kappa shape index (κ2) is 15.6. The molecule has 0 N–H and O–H groups in total. The lowest BCUT2D eigenvalue weighted by atomic mass is 9.44. The standard InChI is InChI=1S/C68H62B2N2/c1-39-33-41(3)63(42(4)34-39)69-55-37-47(45-21-27-49(28-22-45)67(7,8)9)25-31-51(55)59-62-54-18-14-16-20-58(54)72-66(62)60(61-53-17-13-15-19-57(53)71(69)65(59)61)52-32-26-48(46-23-29-50(30-24-46)68(10,11)12)38-56(52)70(72)64-43(5)35-40(2)36-44(64)6/h13-38H,1-12H3. The molecule has 0 saturated heterocycles. The Morgan fingerprint density at radius 1 is 0.361 bits per heavy atom. The molecule has 9 aromatic carbocycles. The largest absolute Gasteiger partial charge is 0.375 e. The van der Waals surface area contributed by atoms with E-state index < -0.39 is 0 Å². The van der Waals surface area contributed by atoms with Gasteiger partial charge in [-0.3, -0.25) is 0 Å². The molecule has 0 aliphatic carbocycles. The average molecular weight is 929 g/mol. The average Bonchev–Trinajstić information content (AvgIpc) is 3.86. The number of fused-ring (bicyclic) bond motifs is 12. The summed E-state index contributed by atoms with van der Waals surface area (Å²) in [6, 6.07) is 61.7. The smallest absolute Gasteiger partial charge is 0.329 e. The number of hydrogen-bond donors (Lipinski definition) is 0. The molecule has 2 nitrogen and oxygen atoms in total. The molecule has 2 aliphatic heterocycles. The van der Waals surface area contributed by atoms with Gasteiger partial charge in [0.15, 0.2) is 0 Å². The lowest BCUT2D eigenvalue weighted by Crippen LogP contribution is -2.53. The summed E-state index contributed by atoms with van der Waals surface area (Å²) in [4.78, 5) is 0. The van der Waals surface area contributed by atoms with Crippen molar-refractivity contribution in [1.29, 1.82) is 0 Å². The highest BCUT2D eigenvalue weighted by Gasteiger charge is 2.43. The maximum absolute atomic E-state index is 2.77. The van der Waals surface area contributed by atoms with E-state index in [9.17, 15) is 0 Å². The highest BCUT2D eigenvalue weighted by Crippen LogP contribution is 2.53. The Balaban J connectivity index is 1.21. The number of hydrogen-bond acceptors (Lipinski definition) is 0. The maximum Gasteiger partial charge on any atom is 0.329 e. The van der Waals surface area contributed by atoms with Crippen LogP contribution < -0.4 is 21.9 Å². The van der Waals surface area contributed by atoms with E-state index in [0.29, 0.717) is 0 Å². The fourth-order valence-electron chi connectivity index (χ4n) is 13.6. The third kappa shape index (κ3) is 6.43. The van der Waals surface area contributed by atoms with Crippen molar-refractivity contribution < 1.29 is 0 Å². The van der Waals surface area contributed by atoms with Crippen molar-refractivity contribution in [2.45, 2.75) is 93.9 Å². The van der Waals surface area contributed by atoms with Gasteiger partial charge in [0.05, 0.1) is 0 Å². The van der Waals surface area contributed by atoms with Crippen LogP contribution in [0.2, 0.25) is 0 Å². The SMILES string of the molecule is Cc1cc(C)c(B2c3cc(-c4ccc(C(C)(C)C)cc4)ccc3-c3c4c5ccccc5n5c4c(c4c6ccccc6n2c34)-c2ccc(-c3ccc(C(C)(C)C)cc3)cc2B5c2c(C)cc(C)cc2C)c(C)c1. The Morgan fingerprint density at radius 2 is 0.694 bits per heavy atom. The molecule has 0 fully saturated rings. The van der Waals surface area contributed by atoms with E-state index in [1.54, 1.807) is 0 Å². The van der Waals surface area contributed by atoms with E-state index in [0.717, 1.165) is 0 Å². The first-order valence-electron chi connectivity index (χ1n) is 26.1. The maximum atomic E-state index is 2.77. The summed E-state index contributed by atoms with van der Waals surface area (Å²) in [6.45, 7) is 27.5. The molecule has 0 spiro atoms. The van der Waals surface area contributed by atoms with E-state index in [-0.39, 0.29) is 24.5 Å². The third-order valence-electron chi connectivity index (χ3n) is 16.7. The fourth-order valence-corrected chi connectivity index (χ4v) is 13.6. The van der Waals surface area contributed by atoms with Crippen molar-refractivity contribution in [3.05, 3.63) is 202 Å². The zero-order valence-corrected chi connectivity index (χ0v) is 44.1. The minimum absolute atomic E-state index is 0.0607. The topological polar surface area (TPSA) is 9.86 Å². The van der Waals surface area contributed by atoms with Crippen molar-refractivity contribution in [3.8, 4) is 44.5 Å². The highest BCUT2D eigenvalue weighted by molar-refractivity contribution is 6.89. The highest BCUT2D eigenvalue weighted by atomic mass is 15.0. The van der Waals surface area contributed by atoms with Crippen LogP contribution >= 0.6 is 0 Å². The zero-order valence-electron chi connectivity index (χ0n) is 44.1. The molecule has 4 heteroatoms. The molecular formula is C68H62B2N2. The first kappa shape index (κ1) is 44.6. The molecule has 2 aliphatic rings. The Morgan fingerprint density at radius 3 is 1.04 bits per heavy atom. The van der Waals surface area contributed by atoms with Crippen LogP contribution in [0.5, 0.6) is 0 Å². The molecule has 0 atom stereocenters. The van der Waals surface area contributed by atoms with E-state index in [1.807, 2.05) is 0 Å². The van der Waals surface area contributed by atoms with Crippen molar-refractivity contribution in [2.24, 2.45) is 0 Å². The molecule has 0 bridgehead atoms. The number of para-hydroxylation sites is 2. The second-order valence-corrected chi connectivity index (χ2v) is 23.7. The molecule has 72 heavy (non-hydrogen) atoms. The summed E-state index contributed by atoms with van der Waals surface area (Å²) >= 11 is 0. The van der Waals surface area contributed by atoms with Crippen LogP contribution in [-0.2, 0) is 10.8 Å². The minimum Gasteiger partial charge on any atom is -0.375 e. The third-order valence-corrected chi connectivity index (χ3v) is 16.7. The molecule has 0 radical (unpaired) electrons. The second-order valence-electron chi connectivity index (χ2n) is 23.7. The monoisotopic (exact) mass is 929 g/mol. The van der Waals surface area contributed by atoms with Crippen LogP contribution in [0.4, 0.5) is 0 Å². The van der Waals surface area contributed by atoms with Gasteiger partial charge in [0, 0.05) is 54.7 Å². The van der Waals surface area contributed by atoms with Crippen LogP contribution in [0.25, 0.3) is 88.1 Å². The van der Waals surface area contributed by atoms with Gasteiger partial charge in [-0.15, -0.1) is 0 Å². The number of aromatic nitrogens is 2. The fraction of sp³-hybridized carbons (Fsp3) is 0.206. The number of nitrogens with zero attached hydrogens (tertiary/aromatic N) is 2. The van der Waals surface area contributed by atoms with Crippen molar-refractivity contribution >= 4 is 79.2 Å². The van der Waals surface area contributed by atoms with Gasteiger partial charge in [-0.1, -0.05) is 221 Å². The van der Waals surface area contributed by atoms with Gasteiger partial charge >= 0.3 is 13.7 Å². The van der Waals surface area contributed by atoms with E-state index in [2.05, 4.69) is 250 Å². The van der Waals surface area contributed by atoms with E-state index in [4.69, 9.17) is 0 Å². The first-order valence-corrected chi connectivity index (χ1v) is 26.1. The molecule has 4 heterocycles. The van der Waals surface area contributed by atoms with E-state index >= 15 is 0 Å². The van der Waals surface area contributed by atoms with Crippen LogP contribution in [0.15, 0.2) is 158 Å². The number of rotatable bonds is 4. The Hall–Kier alpha value is -7.29. The summed E-state index contributed by atoms with van der Waals surface area (Å²) in [5, 5.41) is 5.29. The molecule has 13 rings (SSSR count). The van der Waals surface area contributed by atoms with Gasteiger partial charge < -0.3 is 8.96 Å². The Kier molecular flexibility index (Phi) is 9.67. The number of aryl methyl sites for hydroxylation is 6. The summed E-state index contributed by atoms with van der Waals surface area (Å²) in [6.07, 6.45) is 0. The van der Waals surface area contributed by atoms with E-state index in [1.165, 1.54) is 154 Å². The number of benzene rings is 9. The summed E-state index contributed by atoms with van der Waals surface area (Å²) in [5.74, 6) is 0. The Bertz CT molecular complexity index is 3790. The minimum atomic E-state index is -0.0607. The Labute approximate surface area is 426 Å². The molecule has 0 amide bonds.